The molecule has 0 aliphatic rings. The lowest BCUT2D eigenvalue weighted by atomic mass is 10.2. The van der Waals surface area contributed by atoms with Crippen LogP contribution in [-0.4, -0.2) is 42.7 Å². The number of anilines is 2. The predicted octanol–water partition coefficient (Wildman–Crippen LogP) is 2.20. The number of benzene rings is 1. The van der Waals surface area contributed by atoms with Crippen LogP contribution in [0.1, 0.15) is 13.3 Å². The molecule has 106 valence electrons. The van der Waals surface area contributed by atoms with E-state index in [0.717, 1.165) is 17.8 Å². The average molecular weight is 282 g/mol. The highest BCUT2D eigenvalue weighted by atomic mass is 32.2. The third kappa shape index (κ3) is 4.76. The number of hydrogen-bond acceptors (Lipinski definition) is 4. The SMILES string of the molecule is CCC(SC)C(=O)Nc1ccc(N(C)CCO)cc1. The summed E-state index contributed by atoms with van der Waals surface area (Å²) in [5.74, 6) is 0.0477. The van der Waals surface area contributed by atoms with Crippen LogP contribution in [0, 0.1) is 0 Å². The molecule has 1 aromatic rings. The minimum absolute atomic E-state index is 0.00302. The Morgan fingerprint density at radius 1 is 1.42 bits per heavy atom. The van der Waals surface area contributed by atoms with Crippen LogP contribution in [-0.2, 0) is 4.79 Å². The van der Waals surface area contributed by atoms with E-state index in [1.807, 2.05) is 49.4 Å². The number of rotatable bonds is 7. The molecule has 5 heteroatoms. The molecule has 0 heterocycles. The summed E-state index contributed by atoms with van der Waals surface area (Å²) < 4.78 is 0. The standard InChI is InChI=1S/C14H22N2O2S/c1-4-13(19-3)14(18)15-11-5-7-12(8-6-11)16(2)9-10-17/h5-8,13,17H,4,9-10H2,1-3H3,(H,15,18). The van der Waals surface area contributed by atoms with Gasteiger partial charge < -0.3 is 15.3 Å². The lowest BCUT2D eigenvalue weighted by molar-refractivity contribution is -0.115. The van der Waals surface area contributed by atoms with Gasteiger partial charge in [0.25, 0.3) is 0 Å². The Kier molecular flexibility index (Phi) is 6.73. The Morgan fingerprint density at radius 2 is 2.05 bits per heavy atom. The van der Waals surface area contributed by atoms with E-state index < -0.39 is 0 Å². The van der Waals surface area contributed by atoms with Crippen molar-refractivity contribution in [2.45, 2.75) is 18.6 Å². The first-order valence-electron chi connectivity index (χ1n) is 6.38. The van der Waals surface area contributed by atoms with E-state index in [0.29, 0.717) is 6.54 Å². The lowest BCUT2D eigenvalue weighted by Crippen LogP contribution is -2.24. The van der Waals surface area contributed by atoms with Crippen molar-refractivity contribution in [3.05, 3.63) is 24.3 Å². The lowest BCUT2D eigenvalue weighted by Gasteiger charge is -2.18. The van der Waals surface area contributed by atoms with Gasteiger partial charge in [0.2, 0.25) is 5.91 Å². The Bertz CT molecular complexity index is 391. The normalized spacial score (nSPS) is 12.0. The maximum atomic E-state index is 11.9. The number of likely N-dealkylation sites (N-methyl/N-ethyl adjacent to an activating group) is 1. The van der Waals surface area contributed by atoms with Crippen molar-refractivity contribution in [1.29, 1.82) is 0 Å². The molecular formula is C14H22N2O2S. The maximum absolute atomic E-state index is 11.9. The first kappa shape index (κ1) is 15.9. The summed E-state index contributed by atoms with van der Waals surface area (Å²) >= 11 is 1.56. The summed E-state index contributed by atoms with van der Waals surface area (Å²) in [6.45, 7) is 2.73. The highest BCUT2D eigenvalue weighted by molar-refractivity contribution is 7.99. The number of hydrogen-bond donors (Lipinski definition) is 2. The molecule has 1 amide bonds. The predicted molar refractivity (Wildman–Crippen MR) is 83.0 cm³/mol. The Labute approximate surface area is 119 Å². The summed E-state index contributed by atoms with van der Waals surface area (Å²) in [5, 5.41) is 11.8. The van der Waals surface area contributed by atoms with E-state index >= 15 is 0 Å². The average Bonchev–Trinajstić information content (AvgIpc) is 2.41. The number of amides is 1. The summed E-state index contributed by atoms with van der Waals surface area (Å²) in [4.78, 5) is 13.9. The van der Waals surface area contributed by atoms with E-state index in [4.69, 9.17) is 5.11 Å². The molecule has 0 fully saturated rings. The topological polar surface area (TPSA) is 52.6 Å². The Morgan fingerprint density at radius 3 is 2.53 bits per heavy atom. The van der Waals surface area contributed by atoms with Gasteiger partial charge in [-0.15, -0.1) is 0 Å². The second-order valence-electron chi connectivity index (χ2n) is 4.31. The van der Waals surface area contributed by atoms with Crippen molar-refractivity contribution in [1.82, 2.24) is 0 Å². The van der Waals surface area contributed by atoms with Crippen LogP contribution in [0.3, 0.4) is 0 Å². The first-order valence-corrected chi connectivity index (χ1v) is 7.66. The van der Waals surface area contributed by atoms with E-state index in [9.17, 15) is 4.79 Å². The molecule has 1 unspecified atom stereocenters. The number of thioether (sulfide) groups is 1. The summed E-state index contributed by atoms with van der Waals surface area (Å²) in [5.41, 5.74) is 1.82. The van der Waals surface area contributed by atoms with E-state index in [1.165, 1.54) is 0 Å². The first-order chi connectivity index (χ1) is 9.12. The van der Waals surface area contributed by atoms with Gasteiger partial charge in [-0.05, 0) is 36.9 Å². The molecule has 2 N–H and O–H groups in total. The fourth-order valence-electron chi connectivity index (χ4n) is 1.76. The molecule has 1 rings (SSSR count). The third-order valence-corrected chi connectivity index (χ3v) is 4.08. The fraction of sp³-hybridized carbons (Fsp3) is 0.500. The molecule has 0 saturated heterocycles. The van der Waals surface area contributed by atoms with Crippen LogP contribution in [0.15, 0.2) is 24.3 Å². The monoisotopic (exact) mass is 282 g/mol. The zero-order chi connectivity index (χ0) is 14.3. The van der Waals surface area contributed by atoms with Crippen LogP contribution < -0.4 is 10.2 Å². The maximum Gasteiger partial charge on any atom is 0.237 e. The van der Waals surface area contributed by atoms with E-state index in [-0.39, 0.29) is 17.8 Å². The Balaban J connectivity index is 2.64. The van der Waals surface area contributed by atoms with Gasteiger partial charge in [0.1, 0.15) is 0 Å². The van der Waals surface area contributed by atoms with Gasteiger partial charge >= 0.3 is 0 Å². The van der Waals surface area contributed by atoms with Gasteiger partial charge in [0.15, 0.2) is 0 Å². The van der Waals surface area contributed by atoms with Crippen LogP contribution in [0.25, 0.3) is 0 Å². The molecule has 0 aliphatic carbocycles. The van der Waals surface area contributed by atoms with Crippen molar-refractivity contribution >= 4 is 29.0 Å². The van der Waals surface area contributed by atoms with Crippen molar-refractivity contribution < 1.29 is 9.90 Å². The molecule has 0 aliphatic heterocycles. The van der Waals surface area contributed by atoms with Gasteiger partial charge in [-0.2, -0.15) is 11.8 Å². The largest absolute Gasteiger partial charge is 0.395 e. The molecule has 1 aromatic carbocycles. The highest BCUT2D eigenvalue weighted by Crippen LogP contribution is 2.18. The molecular weight excluding hydrogens is 260 g/mol. The van der Waals surface area contributed by atoms with Gasteiger partial charge in [-0.3, -0.25) is 4.79 Å². The van der Waals surface area contributed by atoms with Crippen molar-refractivity contribution in [3.63, 3.8) is 0 Å². The number of nitrogens with one attached hydrogen (secondary N) is 1. The smallest absolute Gasteiger partial charge is 0.237 e. The molecule has 0 radical (unpaired) electrons. The van der Waals surface area contributed by atoms with E-state index in [2.05, 4.69) is 5.32 Å². The van der Waals surface area contributed by atoms with Crippen LogP contribution >= 0.6 is 11.8 Å². The van der Waals surface area contributed by atoms with Crippen molar-refractivity contribution in [2.24, 2.45) is 0 Å². The summed E-state index contributed by atoms with van der Waals surface area (Å²) in [6, 6.07) is 7.64. The van der Waals surface area contributed by atoms with Crippen molar-refractivity contribution in [3.8, 4) is 0 Å². The van der Waals surface area contributed by atoms with Gasteiger partial charge in [0.05, 0.1) is 11.9 Å². The fourth-order valence-corrected chi connectivity index (χ4v) is 2.37. The van der Waals surface area contributed by atoms with Gasteiger partial charge in [0, 0.05) is 25.0 Å². The molecule has 1 atom stereocenters. The third-order valence-electron chi connectivity index (χ3n) is 2.96. The molecule has 19 heavy (non-hydrogen) atoms. The second-order valence-corrected chi connectivity index (χ2v) is 5.35. The number of carbonyl (C=O) groups is 1. The molecule has 0 spiro atoms. The quantitative estimate of drug-likeness (QED) is 0.805. The zero-order valence-corrected chi connectivity index (χ0v) is 12.5. The number of aliphatic hydroxyl groups excluding tert-OH is 1. The van der Waals surface area contributed by atoms with Gasteiger partial charge in [-0.25, -0.2) is 0 Å². The van der Waals surface area contributed by atoms with Crippen LogP contribution in [0.5, 0.6) is 0 Å². The second kappa shape index (κ2) is 8.07. The zero-order valence-electron chi connectivity index (χ0n) is 11.7. The van der Waals surface area contributed by atoms with Crippen LogP contribution in [0.2, 0.25) is 0 Å². The number of aliphatic hydroxyl groups is 1. The number of carbonyl (C=O) groups excluding carboxylic acids is 1. The van der Waals surface area contributed by atoms with Crippen LogP contribution in [0.4, 0.5) is 11.4 Å². The summed E-state index contributed by atoms with van der Waals surface area (Å²) in [7, 11) is 1.92. The molecule has 4 nitrogen and oxygen atoms in total. The highest BCUT2D eigenvalue weighted by Gasteiger charge is 2.14. The van der Waals surface area contributed by atoms with E-state index in [1.54, 1.807) is 11.8 Å². The molecule has 0 bridgehead atoms. The Hall–Kier alpha value is -1.20. The molecule has 0 aromatic heterocycles. The number of nitrogens with zero attached hydrogens (tertiary/aromatic N) is 1. The van der Waals surface area contributed by atoms with Crippen molar-refractivity contribution in [2.75, 3.05) is 36.7 Å². The minimum atomic E-state index is -0.00302. The molecule has 0 saturated carbocycles. The minimum Gasteiger partial charge on any atom is -0.395 e. The summed E-state index contributed by atoms with van der Waals surface area (Å²) in [6.07, 6.45) is 2.77. The van der Waals surface area contributed by atoms with Gasteiger partial charge in [-0.1, -0.05) is 6.92 Å².